The van der Waals surface area contributed by atoms with E-state index in [1.165, 1.54) is 24.6 Å². The van der Waals surface area contributed by atoms with Crippen LogP contribution in [-0.4, -0.2) is 22.0 Å². The van der Waals surface area contributed by atoms with Gasteiger partial charge in [-0.1, -0.05) is 19.3 Å². The summed E-state index contributed by atoms with van der Waals surface area (Å²) in [6.07, 6.45) is 5.33. The summed E-state index contributed by atoms with van der Waals surface area (Å²) >= 11 is 0. The van der Waals surface area contributed by atoms with Gasteiger partial charge in [0.05, 0.1) is 10.5 Å². The lowest BCUT2D eigenvalue weighted by atomic mass is 9.95. The summed E-state index contributed by atoms with van der Waals surface area (Å²) in [6.45, 7) is 0. The second-order valence-corrected chi connectivity index (χ2v) is 4.77. The zero-order chi connectivity index (χ0) is 13.8. The van der Waals surface area contributed by atoms with Crippen LogP contribution in [0.2, 0.25) is 0 Å². The highest BCUT2D eigenvalue weighted by atomic mass is 16.6. The predicted octanol–water partition coefficient (Wildman–Crippen LogP) is 3.04. The van der Waals surface area contributed by atoms with E-state index in [0.29, 0.717) is 5.69 Å². The van der Waals surface area contributed by atoms with Gasteiger partial charge >= 0.3 is 5.97 Å². The normalized spacial score (nSPS) is 16.0. The van der Waals surface area contributed by atoms with Crippen LogP contribution in [0.5, 0.6) is 0 Å². The van der Waals surface area contributed by atoms with Gasteiger partial charge in [-0.2, -0.15) is 0 Å². The number of carboxylic acids is 1. The second kappa shape index (κ2) is 5.69. The highest BCUT2D eigenvalue weighted by Crippen LogP contribution is 2.29. The molecule has 1 aromatic carbocycles. The Morgan fingerprint density at radius 2 is 2.00 bits per heavy atom. The molecule has 0 spiro atoms. The molecule has 2 rings (SSSR count). The van der Waals surface area contributed by atoms with Crippen molar-refractivity contribution in [3.8, 4) is 0 Å². The number of rotatable bonds is 4. The van der Waals surface area contributed by atoms with Gasteiger partial charge < -0.3 is 10.4 Å². The van der Waals surface area contributed by atoms with Gasteiger partial charge in [0.25, 0.3) is 5.69 Å². The Labute approximate surface area is 110 Å². The van der Waals surface area contributed by atoms with Gasteiger partial charge in [-0.05, 0) is 25.0 Å². The molecule has 0 radical (unpaired) electrons. The van der Waals surface area contributed by atoms with Gasteiger partial charge in [-0.15, -0.1) is 0 Å². The van der Waals surface area contributed by atoms with Crippen molar-refractivity contribution >= 4 is 17.3 Å². The summed E-state index contributed by atoms with van der Waals surface area (Å²) in [5, 5.41) is 23.0. The van der Waals surface area contributed by atoms with E-state index >= 15 is 0 Å². The van der Waals surface area contributed by atoms with E-state index < -0.39 is 10.9 Å². The Balaban J connectivity index is 2.26. The third kappa shape index (κ3) is 3.21. The Kier molecular flexibility index (Phi) is 3.99. The molecule has 0 unspecified atom stereocenters. The molecule has 19 heavy (non-hydrogen) atoms. The van der Waals surface area contributed by atoms with Crippen molar-refractivity contribution in [2.75, 3.05) is 5.32 Å². The number of hydrogen-bond acceptors (Lipinski definition) is 4. The topological polar surface area (TPSA) is 92.5 Å². The molecular formula is C13H16N2O4. The first-order valence-corrected chi connectivity index (χ1v) is 6.36. The number of nitro benzene ring substituents is 1. The Morgan fingerprint density at radius 1 is 1.32 bits per heavy atom. The zero-order valence-electron chi connectivity index (χ0n) is 10.5. The van der Waals surface area contributed by atoms with E-state index in [4.69, 9.17) is 5.11 Å². The lowest BCUT2D eigenvalue weighted by molar-refractivity contribution is -0.384. The molecule has 1 saturated carbocycles. The highest BCUT2D eigenvalue weighted by Gasteiger charge is 2.20. The number of carboxylic acid groups (broad SMARTS) is 1. The SMILES string of the molecule is O=C(O)c1ccc([N+](=O)[O-])c(NC2CCCCC2)c1. The smallest absolute Gasteiger partial charge is 0.335 e. The average molecular weight is 264 g/mol. The number of nitrogens with zero attached hydrogens (tertiary/aromatic N) is 1. The number of benzene rings is 1. The highest BCUT2D eigenvalue weighted by molar-refractivity contribution is 5.90. The predicted molar refractivity (Wildman–Crippen MR) is 70.6 cm³/mol. The fraction of sp³-hybridized carbons (Fsp3) is 0.462. The minimum atomic E-state index is -1.08. The molecule has 0 amide bonds. The summed E-state index contributed by atoms with van der Waals surface area (Å²) in [4.78, 5) is 21.4. The molecule has 0 bridgehead atoms. The number of nitro groups is 1. The third-order valence-corrected chi connectivity index (χ3v) is 3.40. The largest absolute Gasteiger partial charge is 0.478 e. The summed E-state index contributed by atoms with van der Waals surface area (Å²) in [7, 11) is 0. The zero-order valence-corrected chi connectivity index (χ0v) is 10.5. The summed E-state index contributed by atoms with van der Waals surface area (Å²) in [5.41, 5.74) is 0.288. The number of carbonyl (C=O) groups is 1. The molecular weight excluding hydrogens is 248 g/mol. The van der Waals surface area contributed by atoms with Crippen molar-refractivity contribution in [3.63, 3.8) is 0 Å². The van der Waals surface area contributed by atoms with Gasteiger partial charge in [0, 0.05) is 12.1 Å². The van der Waals surface area contributed by atoms with Crippen LogP contribution in [0.1, 0.15) is 42.5 Å². The molecule has 102 valence electrons. The lowest BCUT2D eigenvalue weighted by Crippen LogP contribution is -2.23. The van der Waals surface area contributed by atoms with Crippen molar-refractivity contribution in [1.82, 2.24) is 0 Å². The quantitative estimate of drug-likeness (QED) is 0.644. The molecule has 0 aromatic heterocycles. The molecule has 1 aliphatic carbocycles. The van der Waals surface area contributed by atoms with Crippen LogP contribution >= 0.6 is 0 Å². The first kappa shape index (κ1) is 13.3. The Hall–Kier alpha value is -2.11. The molecule has 0 atom stereocenters. The van der Waals surface area contributed by atoms with Crippen LogP contribution in [0.4, 0.5) is 11.4 Å². The van der Waals surface area contributed by atoms with Crippen molar-refractivity contribution in [3.05, 3.63) is 33.9 Å². The molecule has 0 saturated heterocycles. The van der Waals surface area contributed by atoms with Gasteiger partial charge in [0.15, 0.2) is 0 Å². The summed E-state index contributed by atoms with van der Waals surface area (Å²) < 4.78 is 0. The molecule has 2 N–H and O–H groups in total. The fourth-order valence-corrected chi connectivity index (χ4v) is 2.41. The molecule has 1 fully saturated rings. The minimum Gasteiger partial charge on any atom is -0.478 e. The average Bonchev–Trinajstić information content (AvgIpc) is 2.39. The molecule has 1 aliphatic rings. The van der Waals surface area contributed by atoms with Crippen LogP contribution in [0.25, 0.3) is 0 Å². The number of aromatic carboxylic acids is 1. The van der Waals surface area contributed by atoms with E-state index in [0.717, 1.165) is 25.7 Å². The van der Waals surface area contributed by atoms with Crippen molar-refractivity contribution in [2.24, 2.45) is 0 Å². The summed E-state index contributed by atoms with van der Waals surface area (Å²) in [5.74, 6) is -1.08. The van der Waals surface area contributed by atoms with E-state index in [1.54, 1.807) is 0 Å². The van der Waals surface area contributed by atoms with Crippen molar-refractivity contribution in [2.45, 2.75) is 38.1 Å². The van der Waals surface area contributed by atoms with E-state index in [9.17, 15) is 14.9 Å². The molecule has 0 aliphatic heterocycles. The Morgan fingerprint density at radius 3 is 2.58 bits per heavy atom. The number of anilines is 1. The molecule has 1 aromatic rings. The van der Waals surface area contributed by atoms with Gasteiger partial charge in [0.2, 0.25) is 0 Å². The number of nitrogens with one attached hydrogen (secondary N) is 1. The maximum atomic E-state index is 11.0. The molecule has 0 heterocycles. The third-order valence-electron chi connectivity index (χ3n) is 3.40. The van der Waals surface area contributed by atoms with Gasteiger partial charge in [0.1, 0.15) is 5.69 Å². The maximum Gasteiger partial charge on any atom is 0.335 e. The van der Waals surface area contributed by atoms with E-state index in [1.807, 2.05) is 0 Å². The molecule has 6 nitrogen and oxygen atoms in total. The first-order valence-electron chi connectivity index (χ1n) is 6.36. The number of hydrogen-bond donors (Lipinski definition) is 2. The van der Waals surface area contributed by atoms with E-state index in [2.05, 4.69) is 5.32 Å². The standard InChI is InChI=1S/C13H16N2O4/c16-13(17)9-6-7-12(15(18)19)11(8-9)14-10-4-2-1-3-5-10/h6-8,10,14H,1-5H2,(H,16,17). The van der Waals surface area contributed by atoms with E-state index in [-0.39, 0.29) is 17.3 Å². The Bertz CT molecular complexity index is 495. The maximum absolute atomic E-state index is 11.0. The van der Waals surface area contributed by atoms with Crippen LogP contribution < -0.4 is 5.32 Å². The fourth-order valence-electron chi connectivity index (χ4n) is 2.41. The second-order valence-electron chi connectivity index (χ2n) is 4.77. The summed E-state index contributed by atoms with van der Waals surface area (Å²) in [6, 6.07) is 4.03. The van der Waals surface area contributed by atoms with Crippen molar-refractivity contribution < 1.29 is 14.8 Å². The first-order chi connectivity index (χ1) is 9.08. The van der Waals surface area contributed by atoms with Gasteiger partial charge in [-0.25, -0.2) is 4.79 Å². The van der Waals surface area contributed by atoms with Gasteiger partial charge in [-0.3, -0.25) is 10.1 Å². The van der Waals surface area contributed by atoms with Crippen molar-refractivity contribution in [1.29, 1.82) is 0 Å². The van der Waals surface area contributed by atoms with Crippen LogP contribution in [0, 0.1) is 10.1 Å². The lowest BCUT2D eigenvalue weighted by Gasteiger charge is -2.23. The minimum absolute atomic E-state index is 0.0592. The molecule has 6 heteroatoms. The van der Waals surface area contributed by atoms with Crippen LogP contribution in [-0.2, 0) is 0 Å². The van der Waals surface area contributed by atoms with Crippen LogP contribution in [0.15, 0.2) is 18.2 Å². The van der Waals surface area contributed by atoms with Crippen LogP contribution in [0.3, 0.4) is 0 Å². The monoisotopic (exact) mass is 264 g/mol.